The number of nitrogens with one attached hydrogen (secondary N) is 1. The molecule has 1 amide bonds. The highest BCUT2D eigenvalue weighted by atomic mass is 16.1. The van der Waals surface area contributed by atoms with E-state index in [1.54, 1.807) is 0 Å². The second-order valence-corrected chi connectivity index (χ2v) is 5.67. The van der Waals surface area contributed by atoms with Crippen LogP contribution < -0.4 is 11.1 Å². The fourth-order valence-electron chi connectivity index (χ4n) is 2.83. The van der Waals surface area contributed by atoms with Crippen molar-refractivity contribution < 1.29 is 4.79 Å². The molecule has 3 aromatic rings. The number of carbonyl (C=O) groups is 1. The minimum absolute atomic E-state index is 0.120. The summed E-state index contributed by atoms with van der Waals surface area (Å²) in [6, 6.07) is 29.0. The van der Waals surface area contributed by atoms with Gasteiger partial charge in [0.15, 0.2) is 0 Å². The van der Waals surface area contributed by atoms with E-state index in [1.807, 2.05) is 91.0 Å². The van der Waals surface area contributed by atoms with Crippen molar-refractivity contribution in [2.45, 2.75) is 12.1 Å². The summed E-state index contributed by atoms with van der Waals surface area (Å²) in [5.74, 6) is -0.391. The monoisotopic (exact) mass is 316 g/mol. The molecule has 0 fully saturated rings. The molecule has 120 valence electrons. The predicted octanol–water partition coefficient (Wildman–Crippen LogP) is 3.59. The average Bonchev–Trinajstić information content (AvgIpc) is 2.64. The number of primary amides is 1. The minimum atomic E-state index is -0.559. The molecule has 3 heteroatoms. The lowest BCUT2D eigenvalue weighted by atomic mass is 9.96. The summed E-state index contributed by atoms with van der Waals surface area (Å²) >= 11 is 0. The fourth-order valence-corrected chi connectivity index (χ4v) is 2.83. The molecule has 3 N–H and O–H groups in total. The highest BCUT2D eigenvalue weighted by molar-refractivity contribution is 5.81. The van der Waals surface area contributed by atoms with E-state index in [1.165, 1.54) is 0 Å². The standard InChI is InChI=1S/C21H20N2O/c22-21(24)20(18-14-8-3-9-15-18)23-19(16-10-4-1-5-11-16)17-12-6-2-7-13-17/h1-15,19-20,23H,(H2,22,24). The average molecular weight is 316 g/mol. The maximum absolute atomic E-state index is 12.1. The largest absolute Gasteiger partial charge is 0.368 e. The van der Waals surface area contributed by atoms with Gasteiger partial charge in [0.05, 0.1) is 6.04 Å². The number of carbonyl (C=O) groups excluding carboxylic acids is 1. The Bertz CT molecular complexity index is 733. The van der Waals surface area contributed by atoms with Crippen LogP contribution in [0.5, 0.6) is 0 Å². The fraction of sp³-hybridized carbons (Fsp3) is 0.0952. The van der Waals surface area contributed by atoms with Gasteiger partial charge in [-0.25, -0.2) is 0 Å². The molecule has 3 aromatic carbocycles. The quantitative estimate of drug-likeness (QED) is 0.730. The van der Waals surface area contributed by atoms with E-state index in [0.29, 0.717) is 0 Å². The van der Waals surface area contributed by atoms with Crippen LogP contribution in [0.1, 0.15) is 28.8 Å². The molecule has 0 spiro atoms. The molecule has 1 unspecified atom stereocenters. The third-order valence-corrected chi connectivity index (χ3v) is 4.02. The Hall–Kier alpha value is -2.91. The molecule has 3 nitrogen and oxygen atoms in total. The van der Waals surface area contributed by atoms with Gasteiger partial charge in [0.2, 0.25) is 5.91 Å². The first-order valence-corrected chi connectivity index (χ1v) is 7.96. The summed E-state index contributed by atoms with van der Waals surface area (Å²) < 4.78 is 0. The molecule has 0 saturated carbocycles. The van der Waals surface area contributed by atoms with Crippen molar-refractivity contribution in [1.29, 1.82) is 0 Å². The normalized spacial score (nSPS) is 12.0. The second kappa shape index (κ2) is 7.57. The molecule has 0 radical (unpaired) electrons. The maximum Gasteiger partial charge on any atom is 0.239 e. The molecule has 0 aliphatic rings. The van der Waals surface area contributed by atoms with E-state index in [9.17, 15) is 4.79 Å². The summed E-state index contributed by atoms with van der Waals surface area (Å²) in [7, 11) is 0. The Balaban J connectivity index is 1.98. The lowest BCUT2D eigenvalue weighted by molar-refractivity contribution is -0.120. The highest BCUT2D eigenvalue weighted by Crippen LogP contribution is 2.26. The highest BCUT2D eigenvalue weighted by Gasteiger charge is 2.23. The summed E-state index contributed by atoms with van der Waals surface area (Å²) in [6.07, 6.45) is 0. The Morgan fingerprint density at radius 2 is 1.04 bits per heavy atom. The smallest absolute Gasteiger partial charge is 0.239 e. The van der Waals surface area contributed by atoms with Gasteiger partial charge in [-0.1, -0.05) is 91.0 Å². The molecular weight excluding hydrogens is 296 g/mol. The summed E-state index contributed by atoms with van der Waals surface area (Å²) in [4.78, 5) is 12.1. The summed E-state index contributed by atoms with van der Waals surface area (Å²) in [6.45, 7) is 0. The number of nitrogens with two attached hydrogens (primary N) is 1. The van der Waals surface area contributed by atoms with E-state index in [-0.39, 0.29) is 6.04 Å². The molecule has 0 saturated heterocycles. The minimum Gasteiger partial charge on any atom is -0.368 e. The summed E-state index contributed by atoms with van der Waals surface area (Å²) in [5, 5.41) is 3.43. The van der Waals surface area contributed by atoms with Crippen LogP contribution >= 0.6 is 0 Å². The SMILES string of the molecule is NC(=O)C(NC(c1ccccc1)c1ccccc1)c1ccccc1. The van der Waals surface area contributed by atoms with Gasteiger partial charge in [-0.2, -0.15) is 0 Å². The first kappa shape index (κ1) is 16.0. The van der Waals surface area contributed by atoms with Crippen LogP contribution in [0.25, 0.3) is 0 Å². The zero-order valence-corrected chi connectivity index (χ0v) is 13.3. The van der Waals surface area contributed by atoms with Crippen molar-refractivity contribution in [3.05, 3.63) is 108 Å². The van der Waals surface area contributed by atoms with Crippen molar-refractivity contribution in [3.63, 3.8) is 0 Å². The van der Waals surface area contributed by atoms with Crippen molar-refractivity contribution >= 4 is 5.91 Å². The molecule has 1 atom stereocenters. The molecule has 0 bridgehead atoms. The molecule has 0 aromatic heterocycles. The van der Waals surface area contributed by atoms with Gasteiger partial charge in [-0.05, 0) is 16.7 Å². The van der Waals surface area contributed by atoms with E-state index in [4.69, 9.17) is 5.73 Å². The Labute approximate surface area is 142 Å². The molecule has 0 heterocycles. The van der Waals surface area contributed by atoms with Gasteiger partial charge in [0.25, 0.3) is 0 Å². The summed E-state index contributed by atoms with van der Waals surface area (Å²) in [5.41, 5.74) is 8.71. The number of benzene rings is 3. The number of amides is 1. The van der Waals surface area contributed by atoms with Crippen LogP contribution in [0, 0.1) is 0 Å². The van der Waals surface area contributed by atoms with Crippen LogP contribution in [-0.4, -0.2) is 5.91 Å². The van der Waals surface area contributed by atoms with Crippen molar-refractivity contribution in [2.24, 2.45) is 5.73 Å². The van der Waals surface area contributed by atoms with Crippen LogP contribution in [0.3, 0.4) is 0 Å². The molecule has 24 heavy (non-hydrogen) atoms. The Morgan fingerprint density at radius 3 is 1.42 bits per heavy atom. The van der Waals surface area contributed by atoms with Gasteiger partial charge in [-0.15, -0.1) is 0 Å². The molecule has 0 aliphatic carbocycles. The molecule has 0 aliphatic heterocycles. The zero-order chi connectivity index (χ0) is 16.8. The first-order chi connectivity index (χ1) is 11.8. The third-order valence-electron chi connectivity index (χ3n) is 4.02. The van der Waals surface area contributed by atoms with Crippen molar-refractivity contribution in [1.82, 2.24) is 5.32 Å². The van der Waals surface area contributed by atoms with Crippen LogP contribution in [-0.2, 0) is 4.79 Å². The first-order valence-electron chi connectivity index (χ1n) is 7.96. The van der Waals surface area contributed by atoms with E-state index >= 15 is 0 Å². The van der Waals surface area contributed by atoms with Crippen LogP contribution in [0.2, 0.25) is 0 Å². The van der Waals surface area contributed by atoms with E-state index < -0.39 is 11.9 Å². The predicted molar refractivity (Wildman–Crippen MR) is 96.2 cm³/mol. The topological polar surface area (TPSA) is 55.1 Å². The van der Waals surface area contributed by atoms with Gasteiger partial charge >= 0.3 is 0 Å². The molecule has 3 rings (SSSR count). The van der Waals surface area contributed by atoms with E-state index in [2.05, 4.69) is 5.32 Å². The second-order valence-electron chi connectivity index (χ2n) is 5.67. The Morgan fingerprint density at radius 1 is 0.667 bits per heavy atom. The number of hydrogen-bond donors (Lipinski definition) is 2. The lowest BCUT2D eigenvalue weighted by Gasteiger charge is -2.25. The van der Waals surface area contributed by atoms with Gasteiger partial charge in [0, 0.05) is 0 Å². The third kappa shape index (κ3) is 3.70. The van der Waals surface area contributed by atoms with Crippen molar-refractivity contribution in [3.8, 4) is 0 Å². The van der Waals surface area contributed by atoms with Gasteiger partial charge in [-0.3, -0.25) is 10.1 Å². The number of hydrogen-bond acceptors (Lipinski definition) is 2. The van der Waals surface area contributed by atoms with Crippen LogP contribution in [0.15, 0.2) is 91.0 Å². The van der Waals surface area contributed by atoms with E-state index in [0.717, 1.165) is 16.7 Å². The van der Waals surface area contributed by atoms with Gasteiger partial charge in [0.1, 0.15) is 6.04 Å². The van der Waals surface area contributed by atoms with Gasteiger partial charge < -0.3 is 5.73 Å². The van der Waals surface area contributed by atoms with Crippen LogP contribution in [0.4, 0.5) is 0 Å². The zero-order valence-electron chi connectivity index (χ0n) is 13.3. The molecular formula is C21H20N2O. The number of rotatable bonds is 6. The Kier molecular flexibility index (Phi) is 5.04. The lowest BCUT2D eigenvalue weighted by Crippen LogP contribution is -2.36. The maximum atomic E-state index is 12.1. The van der Waals surface area contributed by atoms with Crippen molar-refractivity contribution in [2.75, 3.05) is 0 Å².